The van der Waals surface area contributed by atoms with Gasteiger partial charge in [0.2, 0.25) is 11.8 Å². The van der Waals surface area contributed by atoms with Crippen molar-refractivity contribution in [1.82, 2.24) is 15.2 Å². The molecule has 1 atom stereocenters. The lowest BCUT2D eigenvalue weighted by Gasteiger charge is -2.33. The van der Waals surface area contributed by atoms with E-state index in [9.17, 15) is 22.8 Å². The minimum absolute atomic E-state index is 0.0692. The first-order valence-corrected chi connectivity index (χ1v) is 7.42. The van der Waals surface area contributed by atoms with Gasteiger partial charge in [0, 0.05) is 26.6 Å². The highest BCUT2D eigenvalue weighted by Crippen LogP contribution is 2.27. The first-order chi connectivity index (χ1) is 11.3. The van der Waals surface area contributed by atoms with Crippen molar-refractivity contribution in [3.63, 3.8) is 0 Å². The van der Waals surface area contributed by atoms with Crippen molar-refractivity contribution in [2.45, 2.75) is 25.6 Å². The quantitative estimate of drug-likeness (QED) is 0.884. The molecule has 0 spiro atoms. The molecule has 0 saturated carbocycles. The zero-order valence-corrected chi connectivity index (χ0v) is 13.1. The Balaban J connectivity index is 1.95. The van der Waals surface area contributed by atoms with Crippen LogP contribution < -0.4 is 5.32 Å². The van der Waals surface area contributed by atoms with Crippen LogP contribution in [0.3, 0.4) is 0 Å². The van der Waals surface area contributed by atoms with Gasteiger partial charge in [-0.1, -0.05) is 6.07 Å². The lowest BCUT2D eigenvalue weighted by Crippen LogP contribution is -2.49. The van der Waals surface area contributed by atoms with Crippen LogP contribution in [-0.2, 0) is 26.9 Å². The highest BCUT2D eigenvalue weighted by Gasteiger charge is 2.32. The summed E-state index contributed by atoms with van der Waals surface area (Å²) >= 11 is 0. The van der Waals surface area contributed by atoms with Gasteiger partial charge in [-0.25, -0.2) is 4.98 Å². The summed E-state index contributed by atoms with van der Waals surface area (Å²) in [4.78, 5) is 28.2. The number of alkyl halides is 3. The van der Waals surface area contributed by atoms with E-state index in [1.807, 2.05) is 0 Å². The van der Waals surface area contributed by atoms with Crippen LogP contribution in [0.15, 0.2) is 18.2 Å². The summed E-state index contributed by atoms with van der Waals surface area (Å²) in [5.74, 6) is -0.520. The Labute approximate surface area is 137 Å². The molecule has 2 rings (SSSR count). The van der Waals surface area contributed by atoms with E-state index in [0.717, 1.165) is 6.07 Å². The van der Waals surface area contributed by atoms with E-state index < -0.39 is 11.9 Å². The van der Waals surface area contributed by atoms with Gasteiger partial charge in [-0.2, -0.15) is 13.2 Å². The molecule has 2 amide bonds. The lowest BCUT2D eigenvalue weighted by atomic mass is 10.2. The minimum atomic E-state index is -4.54. The second-order valence-electron chi connectivity index (χ2n) is 5.46. The molecule has 0 aliphatic carbocycles. The number of ether oxygens (including phenoxy) is 1. The number of aromatic nitrogens is 1. The van der Waals surface area contributed by atoms with Crippen LogP contribution in [0.5, 0.6) is 0 Å². The Bertz CT molecular complexity index is 607. The van der Waals surface area contributed by atoms with Crippen molar-refractivity contribution in [1.29, 1.82) is 0 Å². The average Bonchev–Trinajstić information content (AvgIpc) is 2.52. The number of amides is 2. The number of rotatable bonds is 4. The molecule has 1 aliphatic heterocycles. The van der Waals surface area contributed by atoms with Gasteiger partial charge in [0.1, 0.15) is 5.69 Å². The second-order valence-corrected chi connectivity index (χ2v) is 5.46. The van der Waals surface area contributed by atoms with Crippen molar-refractivity contribution in [2.75, 3.05) is 26.2 Å². The third-order valence-electron chi connectivity index (χ3n) is 3.50. The van der Waals surface area contributed by atoms with E-state index in [-0.39, 0.29) is 43.1 Å². The average molecular weight is 345 g/mol. The molecule has 1 aromatic rings. The van der Waals surface area contributed by atoms with Crippen molar-refractivity contribution in [2.24, 2.45) is 0 Å². The van der Waals surface area contributed by atoms with E-state index in [1.54, 1.807) is 0 Å². The van der Waals surface area contributed by atoms with Gasteiger partial charge >= 0.3 is 6.18 Å². The Kier molecular flexibility index (Phi) is 5.76. The van der Waals surface area contributed by atoms with Gasteiger partial charge in [-0.05, 0) is 12.1 Å². The summed E-state index contributed by atoms with van der Waals surface area (Å²) in [6, 6.07) is 3.49. The van der Waals surface area contributed by atoms with Crippen LogP contribution in [0.4, 0.5) is 13.2 Å². The number of nitrogens with one attached hydrogen (secondary N) is 1. The molecular weight excluding hydrogens is 327 g/mol. The molecule has 24 heavy (non-hydrogen) atoms. The molecule has 9 heteroatoms. The maximum atomic E-state index is 12.7. The van der Waals surface area contributed by atoms with Crippen LogP contribution in [-0.4, -0.2) is 54.0 Å². The summed E-state index contributed by atoms with van der Waals surface area (Å²) < 4.78 is 43.4. The van der Waals surface area contributed by atoms with Gasteiger partial charge < -0.3 is 15.0 Å². The van der Waals surface area contributed by atoms with E-state index in [1.165, 1.54) is 24.0 Å². The smallest absolute Gasteiger partial charge is 0.373 e. The summed E-state index contributed by atoms with van der Waals surface area (Å²) in [6.45, 7) is 2.60. The zero-order valence-electron chi connectivity index (χ0n) is 13.1. The summed E-state index contributed by atoms with van der Waals surface area (Å²) in [6.07, 6.45) is -5.08. The lowest BCUT2D eigenvalue weighted by molar-refractivity contribution is -0.142. The number of hydrogen-bond acceptors (Lipinski definition) is 4. The van der Waals surface area contributed by atoms with Gasteiger partial charge in [0.25, 0.3) is 0 Å². The van der Waals surface area contributed by atoms with Crippen molar-refractivity contribution < 1.29 is 27.5 Å². The second kappa shape index (κ2) is 7.61. The van der Waals surface area contributed by atoms with Crippen LogP contribution in [0.1, 0.15) is 18.3 Å². The number of morpholine rings is 1. The number of carbonyl (C=O) groups is 2. The van der Waals surface area contributed by atoms with Gasteiger partial charge in [0.05, 0.1) is 24.8 Å². The molecule has 0 unspecified atom stereocenters. The fourth-order valence-corrected chi connectivity index (χ4v) is 2.33. The molecule has 2 heterocycles. The predicted octanol–water partition coefficient (Wildman–Crippen LogP) is 1.01. The number of halogens is 3. The van der Waals surface area contributed by atoms with Crippen LogP contribution in [0, 0.1) is 0 Å². The molecule has 1 aromatic heterocycles. The molecular formula is C15H18F3N3O3. The Morgan fingerprint density at radius 3 is 2.83 bits per heavy atom. The SMILES string of the molecule is CC(=O)NC[C@H]1CN(C(=O)Cc2cccc(C(F)(F)F)n2)CCO1. The Morgan fingerprint density at radius 1 is 1.42 bits per heavy atom. The molecule has 0 bridgehead atoms. The number of nitrogens with zero attached hydrogens (tertiary/aromatic N) is 2. The maximum absolute atomic E-state index is 12.7. The fourth-order valence-electron chi connectivity index (χ4n) is 2.33. The van der Waals surface area contributed by atoms with Gasteiger partial charge in [0.15, 0.2) is 0 Å². The third kappa shape index (κ3) is 5.19. The molecule has 0 radical (unpaired) electrons. The highest BCUT2D eigenvalue weighted by molar-refractivity contribution is 5.78. The van der Waals surface area contributed by atoms with Gasteiger partial charge in [-0.3, -0.25) is 9.59 Å². The van der Waals surface area contributed by atoms with E-state index in [0.29, 0.717) is 13.2 Å². The maximum Gasteiger partial charge on any atom is 0.433 e. The van der Waals surface area contributed by atoms with Crippen molar-refractivity contribution in [3.8, 4) is 0 Å². The summed E-state index contributed by atoms with van der Waals surface area (Å²) in [7, 11) is 0. The van der Waals surface area contributed by atoms with E-state index >= 15 is 0 Å². The zero-order chi connectivity index (χ0) is 17.7. The molecule has 132 valence electrons. The predicted molar refractivity (Wildman–Crippen MR) is 77.9 cm³/mol. The first-order valence-electron chi connectivity index (χ1n) is 7.42. The highest BCUT2D eigenvalue weighted by atomic mass is 19.4. The molecule has 1 saturated heterocycles. The first kappa shape index (κ1) is 18.2. The van der Waals surface area contributed by atoms with Crippen LogP contribution >= 0.6 is 0 Å². The Hall–Kier alpha value is -2.16. The summed E-state index contributed by atoms with van der Waals surface area (Å²) in [5, 5.41) is 2.61. The van der Waals surface area contributed by atoms with E-state index in [2.05, 4.69) is 10.3 Å². The van der Waals surface area contributed by atoms with Crippen LogP contribution in [0.25, 0.3) is 0 Å². The monoisotopic (exact) mass is 345 g/mol. The number of hydrogen-bond donors (Lipinski definition) is 1. The summed E-state index contributed by atoms with van der Waals surface area (Å²) in [5.41, 5.74) is -0.946. The van der Waals surface area contributed by atoms with Gasteiger partial charge in [-0.15, -0.1) is 0 Å². The molecule has 6 nitrogen and oxygen atoms in total. The molecule has 0 aromatic carbocycles. The molecule has 1 fully saturated rings. The number of carbonyl (C=O) groups excluding carboxylic acids is 2. The third-order valence-corrected chi connectivity index (χ3v) is 3.50. The van der Waals surface area contributed by atoms with Crippen LogP contribution in [0.2, 0.25) is 0 Å². The number of pyridine rings is 1. The standard InChI is InChI=1S/C15H18F3N3O3/c1-10(22)19-8-12-9-21(5-6-24-12)14(23)7-11-3-2-4-13(20-11)15(16,17)18/h2-4,12H,5-9H2,1H3,(H,19,22)/t12-/m0/s1. The van der Waals surface area contributed by atoms with E-state index in [4.69, 9.17) is 4.74 Å². The van der Waals surface area contributed by atoms with Crippen molar-refractivity contribution in [3.05, 3.63) is 29.6 Å². The topological polar surface area (TPSA) is 71.5 Å². The molecule has 1 N–H and O–H groups in total. The Morgan fingerprint density at radius 2 is 2.17 bits per heavy atom. The largest absolute Gasteiger partial charge is 0.433 e. The molecule has 1 aliphatic rings. The fraction of sp³-hybridized carbons (Fsp3) is 0.533. The van der Waals surface area contributed by atoms with Crippen molar-refractivity contribution >= 4 is 11.8 Å². The normalized spacial score (nSPS) is 18.3. The minimum Gasteiger partial charge on any atom is -0.373 e.